The Labute approximate surface area is 80.8 Å². The summed E-state index contributed by atoms with van der Waals surface area (Å²) in [6, 6.07) is 0. The maximum atomic E-state index is 9.40. The average molecular weight is 213 g/mol. The molecule has 1 saturated heterocycles. The summed E-state index contributed by atoms with van der Waals surface area (Å²) in [4.78, 5) is 0. The van der Waals surface area contributed by atoms with Crippen LogP contribution in [-0.2, 0) is 9.47 Å². The predicted octanol–water partition coefficient (Wildman–Crippen LogP) is -1.32. The van der Waals surface area contributed by atoms with Gasteiger partial charge in [-0.1, -0.05) is 0 Å². The van der Waals surface area contributed by atoms with E-state index >= 15 is 0 Å². The first-order valence-corrected chi connectivity index (χ1v) is 4.34. The van der Waals surface area contributed by atoms with Crippen molar-refractivity contribution in [1.82, 2.24) is 0 Å². The summed E-state index contributed by atoms with van der Waals surface area (Å²) in [7, 11) is 1.37. The smallest absolute Gasteiger partial charge is 0.176 e. The summed E-state index contributed by atoms with van der Waals surface area (Å²) >= 11 is 5.71. The second-order valence-electron chi connectivity index (χ2n) is 2.89. The largest absolute Gasteiger partial charge is 0.394 e. The normalized spacial score (nSPS) is 46.4. The van der Waals surface area contributed by atoms with Crippen LogP contribution in [0.2, 0.25) is 0 Å². The Morgan fingerprint density at radius 3 is 2.46 bits per heavy atom. The molecular weight excluding hydrogens is 200 g/mol. The van der Waals surface area contributed by atoms with Crippen LogP contribution in [0.25, 0.3) is 0 Å². The zero-order valence-corrected chi connectivity index (χ0v) is 7.89. The van der Waals surface area contributed by atoms with Crippen LogP contribution in [0.5, 0.6) is 0 Å². The molecule has 1 rings (SSSR count). The van der Waals surface area contributed by atoms with Gasteiger partial charge in [0.05, 0.1) is 6.61 Å². The summed E-state index contributed by atoms with van der Waals surface area (Å²) in [5, 5.41) is 26.7. The molecule has 78 valence electrons. The van der Waals surface area contributed by atoms with Gasteiger partial charge in [0.25, 0.3) is 0 Å². The van der Waals surface area contributed by atoms with Crippen molar-refractivity contribution in [2.24, 2.45) is 0 Å². The molecule has 0 saturated carbocycles. The summed E-state index contributed by atoms with van der Waals surface area (Å²) in [6.45, 7) is -0.387. The molecule has 6 heteroatoms. The molecule has 0 aromatic heterocycles. The van der Waals surface area contributed by atoms with Crippen LogP contribution in [0, 0.1) is 0 Å². The molecule has 1 aliphatic rings. The van der Waals surface area contributed by atoms with Crippen molar-refractivity contribution < 1.29 is 24.8 Å². The summed E-state index contributed by atoms with van der Waals surface area (Å²) in [5.74, 6) is 0. The van der Waals surface area contributed by atoms with Gasteiger partial charge in [0.2, 0.25) is 0 Å². The lowest BCUT2D eigenvalue weighted by molar-refractivity contribution is -0.245. The first-order chi connectivity index (χ1) is 6.11. The standard InChI is InChI=1S/C7H13ClO5/c1-12-7-4(8)6(11)5(10)3(2-9)13-7/h3-7,9-11H,2H2,1H3/t3-,4+,5-,6+,7+/m1/s1. The van der Waals surface area contributed by atoms with Crippen molar-refractivity contribution in [2.45, 2.75) is 30.0 Å². The molecule has 0 aromatic rings. The molecule has 0 bridgehead atoms. The molecule has 0 spiro atoms. The third-order valence-corrected chi connectivity index (χ3v) is 2.50. The molecule has 0 radical (unpaired) electrons. The minimum Gasteiger partial charge on any atom is -0.394 e. The highest BCUT2D eigenvalue weighted by Crippen LogP contribution is 2.25. The number of hydrogen-bond acceptors (Lipinski definition) is 5. The fraction of sp³-hybridized carbons (Fsp3) is 1.00. The number of hydrogen-bond donors (Lipinski definition) is 3. The first kappa shape index (κ1) is 11.2. The van der Waals surface area contributed by atoms with E-state index in [1.165, 1.54) is 7.11 Å². The number of alkyl halides is 1. The molecule has 0 amide bonds. The monoisotopic (exact) mass is 212 g/mol. The molecule has 1 heterocycles. The van der Waals surface area contributed by atoms with Crippen LogP contribution < -0.4 is 0 Å². The molecule has 5 nitrogen and oxygen atoms in total. The second kappa shape index (κ2) is 4.54. The van der Waals surface area contributed by atoms with Crippen LogP contribution in [0.15, 0.2) is 0 Å². The first-order valence-electron chi connectivity index (χ1n) is 3.91. The number of rotatable bonds is 2. The quantitative estimate of drug-likeness (QED) is 0.495. The van der Waals surface area contributed by atoms with Gasteiger partial charge in [0.1, 0.15) is 23.7 Å². The maximum absolute atomic E-state index is 9.40. The number of halogens is 1. The fourth-order valence-corrected chi connectivity index (χ4v) is 1.55. The van der Waals surface area contributed by atoms with Crippen molar-refractivity contribution >= 4 is 11.6 Å². The van der Waals surface area contributed by atoms with Crippen LogP contribution in [0.1, 0.15) is 0 Å². The summed E-state index contributed by atoms with van der Waals surface area (Å²) in [5.41, 5.74) is 0. The number of methoxy groups -OCH3 is 1. The minimum absolute atomic E-state index is 0.387. The third kappa shape index (κ3) is 2.12. The van der Waals surface area contributed by atoms with E-state index < -0.39 is 30.0 Å². The van der Waals surface area contributed by atoms with Gasteiger partial charge in [-0.25, -0.2) is 0 Å². The Morgan fingerprint density at radius 1 is 1.38 bits per heavy atom. The van der Waals surface area contributed by atoms with Gasteiger partial charge in [0.15, 0.2) is 6.29 Å². The average Bonchev–Trinajstić information content (AvgIpc) is 2.15. The highest BCUT2D eigenvalue weighted by Gasteiger charge is 2.43. The van der Waals surface area contributed by atoms with Crippen molar-refractivity contribution in [2.75, 3.05) is 13.7 Å². The molecule has 0 aliphatic carbocycles. The van der Waals surface area contributed by atoms with Crippen molar-refractivity contribution in [1.29, 1.82) is 0 Å². The second-order valence-corrected chi connectivity index (χ2v) is 3.39. The zero-order valence-electron chi connectivity index (χ0n) is 7.13. The third-order valence-electron chi connectivity index (χ3n) is 2.04. The van der Waals surface area contributed by atoms with Gasteiger partial charge < -0.3 is 24.8 Å². The van der Waals surface area contributed by atoms with Crippen molar-refractivity contribution in [3.05, 3.63) is 0 Å². The van der Waals surface area contributed by atoms with Crippen LogP contribution in [0.4, 0.5) is 0 Å². The molecule has 1 aliphatic heterocycles. The Morgan fingerprint density at radius 2 is 2.00 bits per heavy atom. The van der Waals surface area contributed by atoms with Gasteiger partial charge in [-0.15, -0.1) is 11.6 Å². The summed E-state index contributed by atoms with van der Waals surface area (Å²) < 4.78 is 9.88. The Kier molecular flexibility index (Phi) is 3.90. The Bertz CT molecular complexity index is 147. The van der Waals surface area contributed by atoms with Crippen LogP contribution >= 0.6 is 11.6 Å². The molecule has 13 heavy (non-hydrogen) atoms. The molecular formula is C7H13ClO5. The predicted molar refractivity (Wildman–Crippen MR) is 44.4 cm³/mol. The van der Waals surface area contributed by atoms with Gasteiger partial charge in [-0.05, 0) is 0 Å². The van der Waals surface area contributed by atoms with Crippen molar-refractivity contribution in [3.63, 3.8) is 0 Å². The van der Waals surface area contributed by atoms with Crippen LogP contribution in [0.3, 0.4) is 0 Å². The molecule has 3 N–H and O–H groups in total. The molecule has 5 atom stereocenters. The zero-order chi connectivity index (χ0) is 10.0. The fourth-order valence-electron chi connectivity index (χ4n) is 1.23. The summed E-state index contributed by atoms with van der Waals surface area (Å²) in [6.07, 6.45) is -4.00. The Balaban J connectivity index is 2.66. The van der Waals surface area contributed by atoms with E-state index in [0.717, 1.165) is 0 Å². The lowest BCUT2D eigenvalue weighted by Crippen LogP contribution is -2.57. The van der Waals surface area contributed by atoms with E-state index in [1.54, 1.807) is 0 Å². The van der Waals surface area contributed by atoms with Gasteiger partial charge in [-0.3, -0.25) is 0 Å². The molecule has 0 aromatic carbocycles. The molecule has 1 fully saturated rings. The molecule has 0 unspecified atom stereocenters. The lowest BCUT2D eigenvalue weighted by atomic mass is 10.0. The van der Waals surface area contributed by atoms with E-state index in [9.17, 15) is 10.2 Å². The van der Waals surface area contributed by atoms with E-state index in [4.69, 9.17) is 26.2 Å². The maximum Gasteiger partial charge on any atom is 0.176 e. The highest BCUT2D eigenvalue weighted by molar-refractivity contribution is 6.21. The van der Waals surface area contributed by atoms with Crippen molar-refractivity contribution in [3.8, 4) is 0 Å². The lowest BCUT2D eigenvalue weighted by Gasteiger charge is -2.38. The SMILES string of the molecule is CO[C@H]1O[C@H](CO)[C@@H](O)[C@@H](O)[C@@H]1Cl. The topological polar surface area (TPSA) is 79.2 Å². The van der Waals surface area contributed by atoms with E-state index in [0.29, 0.717) is 0 Å². The number of ether oxygens (including phenoxy) is 2. The van der Waals surface area contributed by atoms with E-state index in [2.05, 4.69) is 0 Å². The van der Waals surface area contributed by atoms with Crippen LogP contribution in [-0.4, -0.2) is 59.0 Å². The number of aliphatic hydroxyl groups is 3. The number of aliphatic hydroxyl groups excluding tert-OH is 3. The van der Waals surface area contributed by atoms with Gasteiger partial charge in [-0.2, -0.15) is 0 Å². The van der Waals surface area contributed by atoms with E-state index in [1.807, 2.05) is 0 Å². The van der Waals surface area contributed by atoms with Gasteiger partial charge >= 0.3 is 0 Å². The minimum atomic E-state index is -1.18. The van der Waals surface area contributed by atoms with Gasteiger partial charge in [0, 0.05) is 7.11 Å². The Hall–Kier alpha value is 0.0900. The van der Waals surface area contributed by atoms with E-state index in [-0.39, 0.29) is 6.61 Å². The highest BCUT2D eigenvalue weighted by atomic mass is 35.5.